The van der Waals surface area contributed by atoms with Crippen LogP contribution in [0.3, 0.4) is 0 Å². The van der Waals surface area contributed by atoms with E-state index >= 15 is 0 Å². The second-order valence-electron chi connectivity index (χ2n) is 5.61. The quantitative estimate of drug-likeness (QED) is 0.725. The molecule has 0 aliphatic rings. The van der Waals surface area contributed by atoms with Gasteiger partial charge in [-0.3, -0.25) is 9.69 Å². The number of thiazole rings is 1. The Morgan fingerprint density at radius 3 is 2.77 bits per heavy atom. The van der Waals surface area contributed by atoms with E-state index in [0.717, 1.165) is 35.6 Å². The number of likely N-dealkylation sites (N-methyl/N-ethyl adjacent to an activating group) is 1. The molecule has 0 unspecified atom stereocenters. The number of rotatable bonds is 5. The molecule has 1 aromatic carbocycles. The fraction of sp³-hybridized carbons (Fsp3) is 0.375. The highest BCUT2D eigenvalue weighted by molar-refractivity contribution is 7.07. The van der Waals surface area contributed by atoms with E-state index in [1.54, 1.807) is 0 Å². The van der Waals surface area contributed by atoms with Crippen molar-refractivity contribution in [2.24, 2.45) is 7.05 Å². The summed E-state index contributed by atoms with van der Waals surface area (Å²) >= 11 is 1.26. The lowest BCUT2D eigenvalue weighted by atomic mass is 10.3. The maximum atomic E-state index is 11.7. The molecule has 0 atom stereocenters. The number of hydrogen-bond acceptors (Lipinski definition) is 4. The molecule has 0 saturated carbocycles. The van der Waals surface area contributed by atoms with E-state index in [4.69, 9.17) is 0 Å². The number of fused-ring (bicyclic) bond motifs is 1. The average Bonchev–Trinajstić information content (AvgIpc) is 2.99. The Labute approximate surface area is 133 Å². The number of benzene rings is 1. The smallest absolute Gasteiger partial charge is 0.307 e. The second kappa shape index (κ2) is 6.06. The summed E-state index contributed by atoms with van der Waals surface area (Å²) in [4.78, 5) is 18.7. The first kappa shape index (κ1) is 15.0. The standard InChI is InChI=1S/C16H20N4OS/c1-12-11-22-16(21)20(12)9-8-18(2)10-15-17-13-6-4-5-7-14(13)19(15)3/h4-7,11H,8-10H2,1-3H3. The second-order valence-corrected chi connectivity index (χ2v) is 6.43. The van der Waals surface area contributed by atoms with Gasteiger partial charge in [0.1, 0.15) is 5.82 Å². The number of aromatic nitrogens is 3. The van der Waals surface area contributed by atoms with Crippen LogP contribution in [0, 0.1) is 6.92 Å². The maximum Gasteiger partial charge on any atom is 0.307 e. The highest BCUT2D eigenvalue weighted by Gasteiger charge is 2.10. The minimum atomic E-state index is 0.119. The van der Waals surface area contributed by atoms with E-state index in [-0.39, 0.29) is 4.87 Å². The number of aryl methyl sites for hydroxylation is 2. The summed E-state index contributed by atoms with van der Waals surface area (Å²) in [5.74, 6) is 1.04. The first-order chi connectivity index (χ1) is 10.6. The van der Waals surface area contributed by atoms with Crippen LogP contribution in [0.1, 0.15) is 11.5 Å². The normalized spacial score (nSPS) is 11.6. The molecule has 22 heavy (non-hydrogen) atoms. The molecule has 116 valence electrons. The van der Waals surface area contributed by atoms with Crippen molar-refractivity contribution in [3.63, 3.8) is 0 Å². The summed E-state index contributed by atoms with van der Waals surface area (Å²) < 4.78 is 3.96. The van der Waals surface area contributed by atoms with Crippen molar-refractivity contribution in [2.75, 3.05) is 13.6 Å². The topological polar surface area (TPSA) is 43.1 Å². The molecule has 2 heterocycles. The third kappa shape index (κ3) is 2.84. The van der Waals surface area contributed by atoms with Crippen molar-refractivity contribution in [3.05, 3.63) is 50.8 Å². The van der Waals surface area contributed by atoms with Gasteiger partial charge in [0.25, 0.3) is 0 Å². The lowest BCUT2D eigenvalue weighted by Gasteiger charge is -2.16. The Bertz CT molecular complexity index is 845. The van der Waals surface area contributed by atoms with Gasteiger partial charge in [0, 0.05) is 31.2 Å². The minimum Gasteiger partial charge on any atom is -0.330 e. The van der Waals surface area contributed by atoms with E-state index in [1.807, 2.05) is 42.1 Å². The van der Waals surface area contributed by atoms with Gasteiger partial charge in [0.2, 0.25) is 0 Å². The number of hydrogen-bond donors (Lipinski definition) is 0. The molecule has 3 rings (SSSR count). The Morgan fingerprint density at radius 1 is 1.32 bits per heavy atom. The van der Waals surface area contributed by atoms with Gasteiger partial charge in [-0.15, -0.1) is 0 Å². The van der Waals surface area contributed by atoms with Crippen LogP contribution in [0.2, 0.25) is 0 Å². The van der Waals surface area contributed by atoms with Gasteiger partial charge >= 0.3 is 4.87 Å². The fourth-order valence-electron chi connectivity index (χ4n) is 2.60. The Balaban J connectivity index is 1.69. The van der Waals surface area contributed by atoms with Crippen molar-refractivity contribution in [2.45, 2.75) is 20.0 Å². The van der Waals surface area contributed by atoms with Crippen LogP contribution < -0.4 is 4.87 Å². The van der Waals surface area contributed by atoms with Crippen molar-refractivity contribution < 1.29 is 0 Å². The van der Waals surface area contributed by atoms with Crippen LogP contribution in [-0.2, 0) is 20.1 Å². The molecule has 0 bridgehead atoms. The van der Waals surface area contributed by atoms with Crippen molar-refractivity contribution in [1.82, 2.24) is 19.0 Å². The number of nitrogens with zero attached hydrogens (tertiary/aromatic N) is 4. The first-order valence-electron chi connectivity index (χ1n) is 7.30. The van der Waals surface area contributed by atoms with Crippen molar-refractivity contribution in [3.8, 4) is 0 Å². The van der Waals surface area contributed by atoms with Gasteiger partial charge < -0.3 is 9.13 Å². The summed E-state index contributed by atoms with van der Waals surface area (Å²) in [5, 5.41) is 1.91. The molecule has 0 spiro atoms. The third-order valence-corrected chi connectivity index (χ3v) is 4.85. The van der Waals surface area contributed by atoms with Crippen LogP contribution in [0.5, 0.6) is 0 Å². The summed E-state index contributed by atoms with van der Waals surface area (Å²) in [6, 6.07) is 8.16. The highest BCUT2D eigenvalue weighted by Crippen LogP contribution is 2.15. The molecular weight excluding hydrogens is 296 g/mol. The van der Waals surface area contributed by atoms with E-state index < -0.39 is 0 Å². The van der Waals surface area contributed by atoms with Crippen molar-refractivity contribution >= 4 is 22.4 Å². The first-order valence-corrected chi connectivity index (χ1v) is 8.18. The summed E-state index contributed by atoms with van der Waals surface area (Å²) in [6.45, 7) is 4.28. The summed E-state index contributed by atoms with van der Waals surface area (Å²) in [5.41, 5.74) is 3.21. The zero-order chi connectivity index (χ0) is 15.7. The van der Waals surface area contributed by atoms with E-state index in [9.17, 15) is 4.79 Å². The van der Waals surface area contributed by atoms with Gasteiger partial charge in [0.05, 0.1) is 17.6 Å². The molecule has 0 N–H and O–H groups in total. The lowest BCUT2D eigenvalue weighted by Crippen LogP contribution is -2.27. The zero-order valence-corrected chi connectivity index (χ0v) is 13.9. The van der Waals surface area contributed by atoms with E-state index in [1.165, 1.54) is 11.3 Å². The summed E-state index contributed by atoms with van der Waals surface area (Å²) in [6.07, 6.45) is 0. The highest BCUT2D eigenvalue weighted by atomic mass is 32.1. The largest absolute Gasteiger partial charge is 0.330 e. The minimum absolute atomic E-state index is 0.119. The average molecular weight is 316 g/mol. The predicted molar refractivity (Wildman–Crippen MR) is 90.4 cm³/mol. The Morgan fingerprint density at radius 2 is 2.09 bits per heavy atom. The van der Waals surface area contributed by atoms with Crippen LogP contribution in [0.4, 0.5) is 0 Å². The SMILES string of the molecule is Cc1csc(=O)n1CCN(C)Cc1nc2ccccc2n1C. The van der Waals surface area contributed by atoms with Crippen LogP contribution in [-0.4, -0.2) is 32.6 Å². The number of para-hydroxylation sites is 2. The van der Waals surface area contributed by atoms with Crippen LogP contribution >= 0.6 is 11.3 Å². The summed E-state index contributed by atoms with van der Waals surface area (Å²) in [7, 11) is 4.11. The van der Waals surface area contributed by atoms with Crippen LogP contribution in [0.25, 0.3) is 11.0 Å². The molecule has 2 aromatic heterocycles. The predicted octanol–water partition coefficient (Wildman–Crippen LogP) is 2.24. The molecule has 0 aliphatic carbocycles. The van der Waals surface area contributed by atoms with Gasteiger partial charge in [-0.1, -0.05) is 23.5 Å². The van der Waals surface area contributed by atoms with Gasteiger partial charge in [-0.25, -0.2) is 4.98 Å². The van der Waals surface area contributed by atoms with E-state index in [2.05, 4.69) is 27.6 Å². The van der Waals surface area contributed by atoms with Gasteiger partial charge in [-0.2, -0.15) is 0 Å². The molecule has 6 heteroatoms. The molecule has 0 amide bonds. The molecular formula is C16H20N4OS. The molecule has 5 nitrogen and oxygen atoms in total. The molecule has 0 aliphatic heterocycles. The molecule has 3 aromatic rings. The number of imidazole rings is 1. The van der Waals surface area contributed by atoms with E-state index in [0.29, 0.717) is 6.54 Å². The fourth-order valence-corrected chi connectivity index (χ4v) is 3.36. The molecule has 0 fully saturated rings. The Kier molecular flexibility index (Phi) is 4.13. The van der Waals surface area contributed by atoms with Gasteiger partial charge in [-0.05, 0) is 26.1 Å². The third-order valence-electron chi connectivity index (χ3n) is 3.97. The van der Waals surface area contributed by atoms with Crippen molar-refractivity contribution in [1.29, 1.82) is 0 Å². The zero-order valence-electron chi connectivity index (χ0n) is 13.1. The van der Waals surface area contributed by atoms with Gasteiger partial charge in [0.15, 0.2) is 0 Å². The maximum absolute atomic E-state index is 11.7. The lowest BCUT2D eigenvalue weighted by molar-refractivity contribution is 0.299. The Hall–Kier alpha value is -1.92. The monoisotopic (exact) mass is 316 g/mol. The van der Waals surface area contributed by atoms with Crippen LogP contribution in [0.15, 0.2) is 34.4 Å². The molecule has 0 radical (unpaired) electrons. The molecule has 0 saturated heterocycles.